The quantitative estimate of drug-likeness (QED) is 0.190. The maximum Gasteiger partial charge on any atom is 0.433 e. The van der Waals surface area contributed by atoms with Gasteiger partial charge in [0.2, 0.25) is 17.4 Å². The molecule has 5 rings (SSSR count). The van der Waals surface area contributed by atoms with E-state index in [0.29, 0.717) is 43.9 Å². The van der Waals surface area contributed by atoms with Crippen LogP contribution in [0.5, 0.6) is 5.75 Å². The fraction of sp³-hybridized carbons (Fsp3) is 0.400. The molecule has 17 heteroatoms. The normalized spacial score (nSPS) is 17.3. The Morgan fingerprint density at radius 2 is 2.10 bits per heavy atom. The van der Waals surface area contributed by atoms with Gasteiger partial charge in [0.25, 0.3) is 5.90 Å². The zero-order valence-electron chi connectivity index (χ0n) is 22.6. The van der Waals surface area contributed by atoms with Crippen LogP contribution >= 0.6 is 11.6 Å². The van der Waals surface area contributed by atoms with Crippen LogP contribution in [0.25, 0.3) is 11.2 Å². The number of anilines is 2. The lowest BCUT2D eigenvalue weighted by Crippen LogP contribution is -2.79. The van der Waals surface area contributed by atoms with Crippen LogP contribution in [0.1, 0.15) is 24.6 Å². The summed E-state index contributed by atoms with van der Waals surface area (Å²) in [5.74, 6) is 0.587. The van der Waals surface area contributed by atoms with Gasteiger partial charge < -0.3 is 34.2 Å². The molecule has 4 N–H and O–H groups in total. The molecule has 13 nitrogen and oxygen atoms in total. The average molecular weight is 611 g/mol. The molecule has 0 bridgehead atoms. The first kappa shape index (κ1) is 29.5. The second kappa shape index (κ2) is 12.5. The number of ether oxygens (including phenoxy) is 4. The predicted molar refractivity (Wildman–Crippen MR) is 146 cm³/mol. The molecule has 1 saturated heterocycles. The number of alkyl halides is 3. The number of nitrogens with one attached hydrogen (secondary N) is 2. The Bertz CT molecular complexity index is 1560. The number of allylic oxidation sites excluding steroid dienone is 1. The van der Waals surface area contributed by atoms with Crippen LogP contribution in [-0.4, -0.2) is 70.0 Å². The van der Waals surface area contributed by atoms with Crippen molar-refractivity contribution in [3.63, 3.8) is 0 Å². The van der Waals surface area contributed by atoms with Crippen molar-refractivity contribution in [2.24, 2.45) is 12.0 Å². The van der Waals surface area contributed by atoms with Gasteiger partial charge in [-0.1, -0.05) is 11.6 Å². The van der Waals surface area contributed by atoms with Crippen molar-refractivity contribution in [1.82, 2.24) is 24.3 Å². The number of nitrogens with zero attached hydrogens (tertiary/aromatic N) is 6. The van der Waals surface area contributed by atoms with E-state index in [1.165, 1.54) is 10.8 Å². The number of hydrogen-bond acceptors (Lipinski definition) is 10. The molecule has 0 saturated carbocycles. The first-order chi connectivity index (χ1) is 20.2. The fourth-order valence-electron chi connectivity index (χ4n) is 4.48. The van der Waals surface area contributed by atoms with Crippen molar-refractivity contribution in [3.8, 4) is 5.75 Å². The van der Waals surface area contributed by atoms with Crippen LogP contribution in [0.15, 0.2) is 41.1 Å². The summed E-state index contributed by atoms with van der Waals surface area (Å²) < 4.78 is 66.0. The predicted octanol–water partition coefficient (Wildman–Crippen LogP) is 3.28. The molecule has 5 heterocycles. The topological polar surface area (TPSA) is 150 Å². The second-order valence-corrected chi connectivity index (χ2v) is 9.61. The van der Waals surface area contributed by atoms with Crippen molar-refractivity contribution >= 4 is 46.6 Å². The number of aromatic nitrogens is 5. The summed E-state index contributed by atoms with van der Waals surface area (Å²) in [5, 5.41) is 16.8. The van der Waals surface area contributed by atoms with E-state index in [1.54, 1.807) is 31.9 Å². The number of hydrogen-bond donors (Lipinski definition) is 3. The van der Waals surface area contributed by atoms with Gasteiger partial charge in [-0.15, -0.1) is 0 Å². The number of aliphatic imine (C=N–C) groups is 1. The minimum absolute atomic E-state index is 0.0307. The Hall–Kier alpha value is -3.99. The molecule has 0 atom stereocenters. The molecule has 0 unspecified atom stereocenters. The third-order valence-corrected chi connectivity index (χ3v) is 6.89. The van der Waals surface area contributed by atoms with Gasteiger partial charge >= 0.3 is 6.18 Å². The number of methoxy groups -OCH3 is 1. The van der Waals surface area contributed by atoms with Gasteiger partial charge in [0.05, 0.1) is 31.3 Å². The molecular formula is C25H28ClF3N9O4+. The summed E-state index contributed by atoms with van der Waals surface area (Å²) in [4.78, 5) is 12.9. The maximum absolute atomic E-state index is 13.8. The zero-order chi connectivity index (χ0) is 29.9. The summed E-state index contributed by atoms with van der Waals surface area (Å²) in [5.41, 5.74) is 0.119. The molecule has 42 heavy (non-hydrogen) atoms. The zero-order valence-corrected chi connectivity index (χ0v) is 23.4. The van der Waals surface area contributed by atoms with Gasteiger partial charge in [-0.2, -0.15) is 23.3 Å². The van der Waals surface area contributed by atoms with Crippen LogP contribution < -0.4 is 15.4 Å². The highest BCUT2D eigenvalue weighted by molar-refractivity contribution is 6.36. The Morgan fingerprint density at radius 3 is 2.81 bits per heavy atom. The number of aryl methyl sites for hydroxylation is 1. The van der Waals surface area contributed by atoms with E-state index < -0.39 is 17.9 Å². The van der Waals surface area contributed by atoms with Crippen molar-refractivity contribution in [3.05, 3.63) is 46.8 Å². The van der Waals surface area contributed by atoms with Crippen LogP contribution in [0.4, 0.5) is 24.9 Å². The summed E-state index contributed by atoms with van der Waals surface area (Å²) in [6.45, 7) is 1.31. The van der Waals surface area contributed by atoms with Crippen LogP contribution in [0.2, 0.25) is 5.02 Å². The number of rotatable bonds is 9. The van der Waals surface area contributed by atoms with Gasteiger partial charge in [-0.25, -0.2) is 9.98 Å². The molecule has 2 aliphatic rings. The lowest BCUT2D eigenvalue weighted by atomic mass is 10.1. The van der Waals surface area contributed by atoms with Crippen molar-refractivity contribution in [1.29, 1.82) is 5.41 Å². The van der Waals surface area contributed by atoms with Crippen LogP contribution in [-0.2, 0) is 27.4 Å². The molecule has 2 aliphatic heterocycles. The molecule has 0 radical (unpaired) electrons. The maximum atomic E-state index is 13.8. The fourth-order valence-corrected chi connectivity index (χ4v) is 4.78. The summed E-state index contributed by atoms with van der Waals surface area (Å²) in [6, 6.07) is 0.511. The third-order valence-electron chi connectivity index (χ3n) is 6.52. The van der Waals surface area contributed by atoms with Gasteiger partial charge in [-0.05, 0) is 12.8 Å². The Labute approximate surface area is 242 Å². The highest BCUT2D eigenvalue weighted by Gasteiger charge is 2.38. The minimum atomic E-state index is -4.60. The molecule has 1 fully saturated rings. The van der Waals surface area contributed by atoms with E-state index >= 15 is 0 Å². The van der Waals surface area contributed by atoms with Crippen molar-refractivity contribution < 1.29 is 37.4 Å². The van der Waals surface area contributed by atoms with Crippen LogP contribution in [0, 0.1) is 5.41 Å². The molecule has 0 aromatic carbocycles. The number of quaternary nitrogens is 1. The molecule has 0 amide bonds. The monoisotopic (exact) mass is 610 g/mol. The van der Waals surface area contributed by atoms with Gasteiger partial charge in [-0.3, -0.25) is 10.00 Å². The van der Waals surface area contributed by atoms with E-state index in [1.807, 2.05) is 0 Å². The van der Waals surface area contributed by atoms with Crippen LogP contribution in [0.3, 0.4) is 0 Å². The van der Waals surface area contributed by atoms with Gasteiger partial charge in [0.1, 0.15) is 29.0 Å². The number of halogens is 4. The smallest absolute Gasteiger partial charge is 0.433 e. The number of pyridine rings is 1. The summed E-state index contributed by atoms with van der Waals surface area (Å²) in [7, 11) is 3.17. The average Bonchev–Trinajstić information content (AvgIpc) is 3.55. The first-order valence-electron chi connectivity index (χ1n) is 12.9. The molecule has 3 aromatic rings. The summed E-state index contributed by atoms with van der Waals surface area (Å²) in [6.07, 6.45) is 1.79. The second-order valence-electron chi connectivity index (χ2n) is 9.24. The van der Waals surface area contributed by atoms with E-state index in [2.05, 4.69) is 25.4 Å². The standard InChI is InChI=1S/C25H27ClF3N9O4/c1-37-21-19(26)16(42-15(12-30)20-23(32-6-5-31-20)41-10-9-39-2)13-33-22(21)35-24(37)34-18-11-17(25(27,28)29)38(36-18)14-3-7-40-8-4-14/h5-6,11-14,30-31H,3-4,7-10H2,1-2H3,(H,33,34,35,36)/p+1/b20-15+,30-12?. The first-order valence-corrected chi connectivity index (χ1v) is 13.2. The number of imidazole rings is 1. The molecule has 3 aromatic heterocycles. The van der Waals surface area contributed by atoms with Gasteiger partial charge in [0, 0.05) is 33.4 Å². The van der Waals surface area contributed by atoms with Crippen molar-refractivity contribution in [2.45, 2.75) is 25.1 Å². The highest BCUT2D eigenvalue weighted by Crippen LogP contribution is 2.37. The largest absolute Gasteiger partial charge is 0.471 e. The molecule has 224 valence electrons. The summed E-state index contributed by atoms with van der Waals surface area (Å²) >= 11 is 6.70. The van der Waals surface area contributed by atoms with Gasteiger partial charge in [0.15, 0.2) is 17.2 Å². The number of fused-ring (bicyclic) bond motifs is 1. The van der Waals surface area contributed by atoms with E-state index in [9.17, 15) is 13.2 Å². The molecule has 0 aliphatic carbocycles. The van der Waals surface area contributed by atoms with E-state index in [0.717, 1.165) is 17.0 Å². The number of nitrogens with two attached hydrogens (primary N) is 1. The highest BCUT2D eigenvalue weighted by atomic mass is 35.5. The van der Waals surface area contributed by atoms with E-state index in [4.69, 9.17) is 36.0 Å². The molecule has 0 spiro atoms. The Balaban J connectivity index is 1.44. The minimum Gasteiger partial charge on any atom is -0.471 e. The van der Waals surface area contributed by atoms with E-state index in [-0.39, 0.29) is 46.4 Å². The Morgan fingerprint density at radius 1 is 1.31 bits per heavy atom. The third kappa shape index (κ3) is 6.11. The lowest BCUT2D eigenvalue weighted by Gasteiger charge is -2.24. The lowest BCUT2D eigenvalue weighted by molar-refractivity contribution is -0.530. The SMILES string of the molecule is COCCOC1=NC=C[NH2+]/C1=C(\C=N)Oc1cnc2nc(Nc3cc(C(F)(F)F)n(C4CCOCC4)n3)n(C)c2c1Cl. The Kier molecular flexibility index (Phi) is 8.77. The van der Waals surface area contributed by atoms with Crippen molar-refractivity contribution in [2.75, 3.05) is 38.9 Å². The molecular weight excluding hydrogens is 583 g/mol.